The molecule has 0 saturated heterocycles. The summed E-state index contributed by atoms with van der Waals surface area (Å²) in [6.07, 6.45) is 4.22. The molecule has 0 saturated carbocycles. The summed E-state index contributed by atoms with van der Waals surface area (Å²) in [5.41, 5.74) is 4.64. The maximum atomic E-state index is 9.93. The van der Waals surface area contributed by atoms with Crippen molar-refractivity contribution >= 4 is 6.09 Å². The number of hydrogen-bond donors (Lipinski definition) is 1. The summed E-state index contributed by atoms with van der Waals surface area (Å²) in [6, 6.07) is 0. The zero-order valence-corrected chi connectivity index (χ0v) is 6.02. The lowest BCUT2D eigenvalue weighted by Crippen LogP contribution is -2.08. The van der Waals surface area contributed by atoms with Crippen LogP contribution < -0.4 is 5.73 Å². The minimum atomic E-state index is -0.844. The highest BCUT2D eigenvalue weighted by molar-refractivity contribution is 5.65. The molecule has 0 aromatic carbocycles. The number of carbonyl (C=O) groups excluding carboxylic acids is 1. The van der Waals surface area contributed by atoms with Crippen molar-refractivity contribution in [2.45, 2.75) is 26.2 Å². The van der Waals surface area contributed by atoms with Gasteiger partial charge in [-0.3, -0.25) is 0 Å². The number of carbonyl (C=O) groups is 1. The normalized spacial score (nSPS) is 7.70. The van der Waals surface area contributed by atoms with Gasteiger partial charge in [0.15, 0.2) is 0 Å². The molecule has 0 atom stereocenters. The van der Waals surface area contributed by atoms with Crippen LogP contribution in [0.15, 0.2) is 0 Å². The molecular weight excluding hydrogens is 130 g/mol. The van der Waals surface area contributed by atoms with Crippen LogP contribution in [0, 0.1) is 12.0 Å². The SMILES string of the molecule is CCCCC#COC(N)=O. The summed E-state index contributed by atoms with van der Waals surface area (Å²) >= 11 is 0. The van der Waals surface area contributed by atoms with Gasteiger partial charge in [-0.2, -0.15) is 0 Å². The Morgan fingerprint density at radius 3 is 2.90 bits per heavy atom. The van der Waals surface area contributed by atoms with Crippen molar-refractivity contribution in [1.82, 2.24) is 0 Å². The molecule has 0 aliphatic rings. The first-order chi connectivity index (χ1) is 4.77. The summed E-state index contributed by atoms with van der Waals surface area (Å²) in [5.74, 6) is 2.64. The highest BCUT2D eigenvalue weighted by Crippen LogP contribution is 1.89. The molecule has 0 heterocycles. The molecule has 56 valence electrons. The molecule has 0 aliphatic heterocycles. The smallest absolute Gasteiger partial charge is 0.356 e. The van der Waals surface area contributed by atoms with E-state index >= 15 is 0 Å². The molecule has 0 fully saturated rings. The van der Waals surface area contributed by atoms with E-state index in [1.807, 2.05) is 0 Å². The molecule has 0 rings (SSSR count). The molecular formula is C7H11NO2. The maximum Gasteiger partial charge on any atom is 0.418 e. The Bertz CT molecular complexity index is 155. The topological polar surface area (TPSA) is 52.3 Å². The second-order valence-corrected chi connectivity index (χ2v) is 1.80. The van der Waals surface area contributed by atoms with Crippen LogP contribution in [-0.4, -0.2) is 6.09 Å². The van der Waals surface area contributed by atoms with E-state index in [0.717, 1.165) is 19.3 Å². The van der Waals surface area contributed by atoms with E-state index in [2.05, 4.69) is 29.4 Å². The van der Waals surface area contributed by atoms with Gasteiger partial charge in [0.1, 0.15) is 6.11 Å². The van der Waals surface area contributed by atoms with Crippen molar-refractivity contribution < 1.29 is 9.53 Å². The van der Waals surface area contributed by atoms with Crippen LogP contribution in [-0.2, 0) is 4.74 Å². The summed E-state index contributed by atoms with van der Waals surface area (Å²) < 4.78 is 4.17. The molecule has 0 aromatic heterocycles. The van der Waals surface area contributed by atoms with Crippen LogP contribution in [0.4, 0.5) is 4.79 Å². The lowest BCUT2D eigenvalue weighted by molar-refractivity contribution is 0.202. The third kappa shape index (κ3) is 6.83. The van der Waals surface area contributed by atoms with Gasteiger partial charge in [0, 0.05) is 6.42 Å². The lowest BCUT2D eigenvalue weighted by atomic mass is 10.3. The number of nitrogens with two attached hydrogens (primary N) is 1. The largest absolute Gasteiger partial charge is 0.418 e. The summed E-state index contributed by atoms with van der Waals surface area (Å²) in [5, 5.41) is 0. The number of ether oxygens (including phenoxy) is 1. The Balaban J connectivity index is 3.23. The fraction of sp³-hybridized carbons (Fsp3) is 0.571. The Morgan fingerprint density at radius 1 is 1.70 bits per heavy atom. The Hall–Kier alpha value is -1.17. The third-order valence-electron chi connectivity index (χ3n) is 0.879. The molecule has 3 heteroatoms. The molecule has 1 amide bonds. The van der Waals surface area contributed by atoms with Crippen molar-refractivity contribution in [1.29, 1.82) is 0 Å². The fourth-order valence-corrected chi connectivity index (χ4v) is 0.403. The van der Waals surface area contributed by atoms with Gasteiger partial charge in [-0.05, 0) is 6.42 Å². The zero-order valence-electron chi connectivity index (χ0n) is 6.02. The number of amides is 1. The van der Waals surface area contributed by atoms with Crippen LogP contribution >= 0.6 is 0 Å². The maximum absolute atomic E-state index is 9.93. The molecule has 0 aromatic rings. The summed E-state index contributed by atoms with van der Waals surface area (Å²) in [4.78, 5) is 9.93. The Kier molecular flexibility index (Phi) is 5.26. The minimum absolute atomic E-state index is 0.754. The predicted molar refractivity (Wildman–Crippen MR) is 38.0 cm³/mol. The van der Waals surface area contributed by atoms with E-state index in [1.54, 1.807) is 0 Å². The first-order valence-corrected chi connectivity index (χ1v) is 3.21. The lowest BCUT2D eigenvalue weighted by Gasteiger charge is -1.84. The highest BCUT2D eigenvalue weighted by Gasteiger charge is 1.83. The number of unbranched alkanes of at least 4 members (excludes halogenated alkanes) is 2. The third-order valence-corrected chi connectivity index (χ3v) is 0.879. The average Bonchev–Trinajstić information content (AvgIpc) is 1.87. The van der Waals surface area contributed by atoms with Crippen molar-refractivity contribution in [3.8, 4) is 12.0 Å². The Labute approximate surface area is 60.5 Å². The predicted octanol–water partition coefficient (Wildman–Crippen LogP) is 1.23. The molecule has 3 nitrogen and oxygen atoms in total. The van der Waals surface area contributed by atoms with Gasteiger partial charge in [0.05, 0.1) is 0 Å². The Morgan fingerprint density at radius 2 is 2.40 bits per heavy atom. The van der Waals surface area contributed by atoms with E-state index in [4.69, 9.17) is 0 Å². The van der Waals surface area contributed by atoms with Gasteiger partial charge >= 0.3 is 6.09 Å². The van der Waals surface area contributed by atoms with Crippen molar-refractivity contribution in [3.63, 3.8) is 0 Å². The van der Waals surface area contributed by atoms with Gasteiger partial charge in [0.25, 0.3) is 0 Å². The minimum Gasteiger partial charge on any atom is -0.356 e. The average molecular weight is 141 g/mol. The summed E-state index contributed by atoms with van der Waals surface area (Å²) in [6.45, 7) is 2.07. The molecule has 10 heavy (non-hydrogen) atoms. The van der Waals surface area contributed by atoms with Crippen LogP contribution in [0.1, 0.15) is 26.2 Å². The van der Waals surface area contributed by atoms with Gasteiger partial charge in [-0.1, -0.05) is 19.3 Å². The van der Waals surface area contributed by atoms with Crippen LogP contribution in [0.25, 0.3) is 0 Å². The number of hydrogen-bond acceptors (Lipinski definition) is 2. The standard InChI is InChI=1S/C7H11NO2/c1-2-3-4-5-6-10-7(8)9/h2-4H2,1H3,(H2,8,9). The molecule has 0 bridgehead atoms. The number of primary amides is 1. The first-order valence-electron chi connectivity index (χ1n) is 3.21. The van der Waals surface area contributed by atoms with E-state index in [9.17, 15) is 4.79 Å². The quantitative estimate of drug-likeness (QED) is 0.464. The van der Waals surface area contributed by atoms with Crippen molar-refractivity contribution in [2.24, 2.45) is 5.73 Å². The number of rotatable bonds is 2. The molecule has 0 unspecified atom stereocenters. The van der Waals surface area contributed by atoms with Gasteiger partial charge < -0.3 is 10.5 Å². The highest BCUT2D eigenvalue weighted by atomic mass is 16.5. The molecule has 2 N–H and O–H groups in total. The second-order valence-electron chi connectivity index (χ2n) is 1.80. The van der Waals surface area contributed by atoms with Gasteiger partial charge in [-0.15, -0.1) is 0 Å². The van der Waals surface area contributed by atoms with E-state index < -0.39 is 6.09 Å². The van der Waals surface area contributed by atoms with Crippen molar-refractivity contribution in [2.75, 3.05) is 0 Å². The second kappa shape index (κ2) is 5.96. The van der Waals surface area contributed by atoms with Gasteiger partial charge in [0.2, 0.25) is 0 Å². The van der Waals surface area contributed by atoms with Crippen LogP contribution in [0.3, 0.4) is 0 Å². The first kappa shape index (κ1) is 8.83. The van der Waals surface area contributed by atoms with E-state index in [1.165, 1.54) is 0 Å². The summed E-state index contributed by atoms with van der Waals surface area (Å²) in [7, 11) is 0. The van der Waals surface area contributed by atoms with Gasteiger partial charge in [-0.25, -0.2) is 4.79 Å². The zero-order chi connectivity index (χ0) is 7.82. The molecule has 0 spiro atoms. The molecule has 0 aliphatic carbocycles. The van der Waals surface area contributed by atoms with E-state index in [-0.39, 0.29) is 0 Å². The molecule has 0 radical (unpaired) electrons. The van der Waals surface area contributed by atoms with Crippen LogP contribution in [0.2, 0.25) is 0 Å². The van der Waals surface area contributed by atoms with Crippen molar-refractivity contribution in [3.05, 3.63) is 0 Å². The van der Waals surface area contributed by atoms with E-state index in [0.29, 0.717) is 0 Å². The fourth-order valence-electron chi connectivity index (χ4n) is 0.403. The van der Waals surface area contributed by atoms with Crippen LogP contribution in [0.5, 0.6) is 0 Å². The monoisotopic (exact) mass is 141 g/mol.